The summed E-state index contributed by atoms with van der Waals surface area (Å²) in [5.74, 6) is -0.360. The number of nitrogens with one attached hydrogen (secondary N) is 1. The van der Waals surface area contributed by atoms with E-state index < -0.39 is 5.97 Å². The fourth-order valence-corrected chi connectivity index (χ4v) is 2.78. The molecule has 2 rings (SSSR count). The van der Waals surface area contributed by atoms with Crippen LogP contribution < -0.4 is 10.1 Å². The molecule has 0 radical (unpaired) electrons. The molecule has 1 aromatic rings. The third-order valence-electron chi connectivity index (χ3n) is 4.11. The van der Waals surface area contributed by atoms with E-state index in [4.69, 9.17) is 4.74 Å². The Balaban J connectivity index is 2.16. The quantitative estimate of drug-likeness (QED) is 0.745. The fraction of sp³-hybridized carbons (Fsp3) is 0.533. The summed E-state index contributed by atoms with van der Waals surface area (Å²) in [6.07, 6.45) is 4.18. The molecule has 0 saturated heterocycles. The Labute approximate surface area is 118 Å². The van der Waals surface area contributed by atoms with Gasteiger partial charge in [-0.1, -0.05) is 12.8 Å². The number of carbonyl (C=O) groups is 1. The molecule has 0 bridgehead atoms. The average molecular weight is 279 g/mol. The Bertz CT molecular complexity index is 481. The molecule has 1 fully saturated rings. The van der Waals surface area contributed by atoms with Gasteiger partial charge in [0, 0.05) is 18.0 Å². The Hall–Kier alpha value is -1.75. The predicted octanol–water partition coefficient (Wildman–Crippen LogP) is 2.36. The van der Waals surface area contributed by atoms with Crippen molar-refractivity contribution in [3.63, 3.8) is 0 Å². The molecule has 110 valence electrons. The molecule has 1 saturated carbocycles. The number of ether oxygens (including phenoxy) is 1. The SMILES string of the molecule is COc1ccc(C(=O)O)c(NCC2(CO)CCCC2)c1. The Morgan fingerprint density at radius 2 is 2.10 bits per heavy atom. The molecular formula is C15H21NO4. The number of carboxylic acid groups (broad SMARTS) is 1. The molecule has 0 spiro atoms. The number of hydrogen-bond acceptors (Lipinski definition) is 4. The second kappa shape index (κ2) is 6.13. The maximum atomic E-state index is 11.2. The zero-order valence-corrected chi connectivity index (χ0v) is 11.7. The van der Waals surface area contributed by atoms with Gasteiger partial charge in [0.25, 0.3) is 0 Å². The molecule has 5 nitrogen and oxygen atoms in total. The number of aliphatic hydroxyl groups excluding tert-OH is 1. The number of aliphatic hydroxyl groups is 1. The van der Waals surface area contributed by atoms with Gasteiger partial charge in [-0.25, -0.2) is 4.79 Å². The van der Waals surface area contributed by atoms with Gasteiger partial charge in [-0.15, -0.1) is 0 Å². The van der Waals surface area contributed by atoms with Crippen LogP contribution in [0.5, 0.6) is 5.75 Å². The third-order valence-corrected chi connectivity index (χ3v) is 4.11. The van der Waals surface area contributed by atoms with Gasteiger partial charge in [0.15, 0.2) is 0 Å². The lowest BCUT2D eigenvalue weighted by molar-refractivity contribution is 0.0697. The maximum Gasteiger partial charge on any atom is 0.337 e. The molecule has 3 N–H and O–H groups in total. The van der Waals surface area contributed by atoms with Crippen LogP contribution in [0.25, 0.3) is 0 Å². The van der Waals surface area contributed by atoms with Crippen LogP contribution in [0.15, 0.2) is 18.2 Å². The van der Waals surface area contributed by atoms with Crippen molar-refractivity contribution in [3.05, 3.63) is 23.8 Å². The largest absolute Gasteiger partial charge is 0.497 e. The van der Waals surface area contributed by atoms with Crippen LogP contribution >= 0.6 is 0 Å². The molecule has 0 heterocycles. The van der Waals surface area contributed by atoms with Crippen LogP contribution in [0, 0.1) is 5.41 Å². The van der Waals surface area contributed by atoms with Crippen molar-refractivity contribution in [3.8, 4) is 5.75 Å². The molecule has 5 heteroatoms. The van der Waals surface area contributed by atoms with Crippen molar-refractivity contribution in [1.82, 2.24) is 0 Å². The Morgan fingerprint density at radius 1 is 1.40 bits per heavy atom. The summed E-state index contributed by atoms with van der Waals surface area (Å²) >= 11 is 0. The standard InChI is InChI=1S/C15H21NO4/c1-20-11-4-5-12(14(18)19)13(8-11)16-9-15(10-17)6-2-3-7-15/h4-5,8,16-17H,2-3,6-7,9-10H2,1H3,(H,18,19). The third kappa shape index (κ3) is 3.04. The van der Waals surface area contributed by atoms with E-state index in [2.05, 4.69) is 5.32 Å². The van der Waals surface area contributed by atoms with Gasteiger partial charge in [0.05, 0.1) is 25.0 Å². The molecule has 1 aliphatic rings. The Morgan fingerprint density at radius 3 is 2.65 bits per heavy atom. The summed E-state index contributed by atoms with van der Waals surface area (Å²) in [5, 5.41) is 22.0. The maximum absolute atomic E-state index is 11.2. The molecule has 0 amide bonds. The second-order valence-electron chi connectivity index (χ2n) is 5.44. The van der Waals surface area contributed by atoms with Crippen molar-refractivity contribution in [1.29, 1.82) is 0 Å². The van der Waals surface area contributed by atoms with Crippen LogP contribution in [0.3, 0.4) is 0 Å². The lowest BCUT2D eigenvalue weighted by Gasteiger charge is -2.27. The fourth-order valence-electron chi connectivity index (χ4n) is 2.78. The lowest BCUT2D eigenvalue weighted by atomic mass is 9.87. The minimum atomic E-state index is -0.973. The van der Waals surface area contributed by atoms with E-state index in [0.29, 0.717) is 18.0 Å². The first-order valence-corrected chi connectivity index (χ1v) is 6.86. The van der Waals surface area contributed by atoms with Gasteiger partial charge in [-0.05, 0) is 25.0 Å². The number of aromatic carboxylic acids is 1. The van der Waals surface area contributed by atoms with Gasteiger partial charge in [-0.3, -0.25) is 0 Å². The van der Waals surface area contributed by atoms with Gasteiger partial charge >= 0.3 is 5.97 Å². The molecule has 1 aromatic carbocycles. The van der Waals surface area contributed by atoms with E-state index in [1.165, 1.54) is 6.07 Å². The number of hydrogen-bond donors (Lipinski definition) is 3. The van der Waals surface area contributed by atoms with Crippen molar-refractivity contribution in [2.75, 3.05) is 25.6 Å². The van der Waals surface area contributed by atoms with Crippen molar-refractivity contribution in [2.24, 2.45) is 5.41 Å². The topological polar surface area (TPSA) is 78.8 Å². The monoisotopic (exact) mass is 279 g/mol. The zero-order chi connectivity index (χ0) is 14.6. The molecule has 0 unspecified atom stereocenters. The van der Waals surface area contributed by atoms with Gasteiger partial charge in [0.1, 0.15) is 5.75 Å². The van der Waals surface area contributed by atoms with Crippen LogP contribution in [0.2, 0.25) is 0 Å². The van der Waals surface area contributed by atoms with Crippen molar-refractivity contribution >= 4 is 11.7 Å². The first-order chi connectivity index (χ1) is 9.60. The summed E-state index contributed by atoms with van der Waals surface area (Å²) in [5.41, 5.74) is 0.632. The summed E-state index contributed by atoms with van der Waals surface area (Å²) < 4.78 is 5.13. The minimum Gasteiger partial charge on any atom is -0.497 e. The van der Waals surface area contributed by atoms with Gasteiger partial charge in [0.2, 0.25) is 0 Å². The summed E-state index contributed by atoms with van der Waals surface area (Å²) in [6, 6.07) is 4.85. The normalized spacial score (nSPS) is 16.9. The first kappa shape index (κ1) is 14.7. The highest BCUT2D eigenvalue weighted by Gasteiger charge is 2.33. The highest BCUT2D eigenvalue weighted by Crippen LogP contribution is 2.38. The summed E-state index contributed by atoms with van der Waals surface area (Å²) in [4.78, 5) is 11.2. The van der Waals surface area contributed by atoms with Gasteiger partial charge in [-0.2, -0.15) is 0 Å². The smallest absolute Gasteiger partial charge is 0.337 e. The van der Waals surface area contributed by atoms with Crippen molar-refractivity contribution in [2.45, 2.75) is 25.7 Å². The Kier molecular flexibility index (Phi) is 4.49. The lowest BCUT2D eigenvalue weighted by Crippen LogP contribution is -2.31. The highest BCUT2D eigenvalue weighted by atomic mass is 16.5. The number of anilines is 1. The molecule has 0 aliphatic heterocycles. The molecule has 0 atom stereocenters. The second-order valence-corrected chi connectivity index (χ2v) is 5.44. The van der Waals surface area contributed by atoms with E-state index in [-0.39, 0.29) is 17.6 Å². The van der Waals surface area contributed by atoms with Crippen LogP contribution in [-0.4, -0.2) is 36.4 Å². The molecule has 20 heavy (non-hydrogen) atoms. The summed E-state index contributed by atoms with van der Waals surface area (Å²) in [6.45, 7) is 0.712. The van der Waals surface area contributed by atoms with Crippen LogP contribution in [0.1, 0.15) is 36.0 Å². The highest BCUT2D eigenvalue weighted by molar-refractivity contribution is 5.94. The summed E-state index contributed by atoms with van der Waals surface area (Å²) in [7, 11) is 1.55. The first-order valence-electron chi connectivity index (χ1n) is 6.86. The van der Waals surface area contributed by atoms with Gasteiger partial charge < -0.3 is 20.3 Å². The minimum absolute atomic E-state index is 0.126. The van der Waals surface area contributed by atoms with E-state index in [1.54, 1.807) is 19.2 Å². The average Bonchev–Trinajstić information content (AvgIpc) is 2.94. The van der Waals surface area contributed by atoms with E-state index in [9.17, 15) is 15.0 Å². The number of benzene rings is 1. The van der Waals surface area contributed by atoms with E-state index in [0.717, 1.165) is 25.7 Å². The van der Waals surface area contributed by atoms with Crippen LogP contribution in [0.4, 0.5) is 5.69 Å². The molecule has 0 aromatic heterocycles. The van der Waals surface area contributed by atoms with E-state index >= 15 is 0 Å². The molecular weight excluding hydrogens is 258 g/mol. The number of methoxy groups -OCH3 is 1. The predicted molar refractivity (Wildman–Crippen MR) is 76.4 cm³/mol. The van der Waals surface area contributed by atoms with Crippen LogP contribution in [-0.2, 0) is 0 Å². The van der Waals surface area contributed by atoms with E-state index in [1.807, 2.05) is 0 Å². The zero-order valence-electron chi connectivity index (χ0n) is 11.7. The number of rotatable bonds is 6. The number of carboxylic acids is 1. The molecule has 1 aliphatic carbocycles. The van der Waals surface area contributed by atoms with Crippen molar-refractivity contribution < 1.29 is 19.7 Å².